The number of nitrogens with two attached hydrogens (primary N) is 1. The van der Waals surface area contributed by atoms with Gasteiger partial charge in [-0.05, 0) is 24.6 Å². The largest absolute Gasteiger partial charge is 0.397 e. The third-order valence-electron chi connectivity index (χ3n) is 1.79. The van der Waals surface area contributed by atoms with Crippen LogP contribution in [0.5, 0.6) is 0 Å². The highest BCUT2D eigenvalue weighted by molar-refractivity contribution is 5.66. The first-order valence-corrected chi connectivity index (χ1v) is 4.39. The normalized spacial score (nSPS) is 10.0. The summed E-state index contributed by atoms with van der Waals surface area (Å²) in [4.78, 5) is 0. The first-order valence-electron chi connectivity index (χ1n) is 4.39. The van der Waals surface area contributed by atoms with Crippen molar-refractivity contribution in [3.8, 4) is 0 Å². The van der Waals surface area contributed by atoms with Gasteiger partial charge in [-0.1, -0.05) is 6.07 Å². The summed E-state index contributed by atoms with van der Waals surface area (Å²) in [7, 11) is 1.67. The Morgan fingerprint density at radius 3 is 2.77 bits per heavy atom. The van der Waals surface area contributed by atoms with E-state index in [0.29, 0.717) is 6.61 Å². The Hall–Kier alpha value is -1.22. The van der Waals surface area contributed by atoms with Crippen LogP contribution in [0.1, 0.15) is 12.5 Å². The fourth-order valence-electron chi connectivity index (χ4n) is 1.22. The number of rotatable bonds is 4. The van der Waals surface area contributed by atoms with Crippen molar-refractivity contribution in [2.75, 3.05) is 24.7 Å². The van der Waals surface area contributed by atoms with E-state index >= 15 is 0 Å². The summed E-state index contributed by atoms with van der Waals surface area (Å²) in [6, 6.07) is 5.92. The quantitative estimate of drug-likeness (QED) is 0.695. The molecule has 0 aliphatic carbocycles. The summed E-state index contributed by atoms with van der Waals surface area (Å²) < 4.78 is 5.01. The van der Waals surface area contributed by atoms with Crippen LogP contribution in [0.4, 0.5) is 11.4 Å². The van der Waals surface area contributed by atoms with E-state index in [1.54, 1.807) is 7.11 Å². The van der Waals surface area contributed by atoms with Crippen molar-refractivity contribution in [1.29, 1.82) is 0 Å². The van der Waals surface area contributed by atoms with Crippen molar-refractivity contribution >= 4 is 11.4 Å². The lowest BCUT2D eigenvalue weighted by Crippen LogP contribution is -2.01. The molecule has 1 aromatic rings. The van der Waals surface area contributed by atoms with Crippen LogP contribution in [0.25, 0.3) is 0 Å². The molecule has 1 aromatic carbocycles. The zero-order valence-electron chi connectivity index (χ0n) is 8.13. The molecule has 0 unspecified atom stereocenters. The lowest BCUT2D eigenvalue weighted by Gasteiger charge is -2.08. The van der Waals surface area contributed by atoms with Crippen LogP contribution in [0.3, 0.4) is 0 Å². The molecule has 0 atom stereocenters. The standard InChI is InChI=1S/C10H16N2O/c1-3-12-10-5-4-8(7-13-2)6-9(10)11/h4-6,12H,3,7,11H2,1-2H3. The van der Waals surface area contributed by atoms with Crippen molar-refractivity contribution in [1.82, 2.24) is 0 Å². The van der Waals surface area contributed by atoms with Crippen molar-refractivity contribution in [3.63, 3.8) is 0 Å². The van der Waals surface area contributed by atoms with Crippen LogP contribution in [0.15, 0.2) is 18.2 Å². The molecule has 3 N–H and O–H groups in total. The van der Waals surface area contributed by atoms with Crippen molar-refractivity contribution in [2.24, 2.45) is 0 Å². The molecule has 72 valence electrons. The minimum absolute atomic E-state index is 0.608. The summed E-state index contributed by atoms with van der Waals surface area (Å²) in [5.41, 5.74) is 8.68. The first kappa shape index (κ1) is 9.86. The molecule has 0 bridgehead atoms. The predicted molar refractivity (Wildman–Crippen MR) is 55.7 cm³/mol. The van der Waals surface area contributed by atoms with E-state index < -0.39 is 0 Å². The Labute approximate surface area is 78.9 Å². The summed E-state index contributed by atoms with van der Waals surface area (Å²) in [5.74, 6) is 0. The van der Waals surface area contributed by atoms with Crippen LogP contribution in [-0.2, 0) is 11.3 Å². The summed E-state index contributed by atoms with van der Waals surface area (Å²) >= 11 is 0. The topological polar surface area (TPSA) is 47.3 Å². The summed E-state index contributed by atoms with van der Waals surface area (Å²) in [5, 5.41) is 3.18. The molecule has 0 heterocycles. The number of ether oxygens (including phenoxy) is 1. The number of benzene rings is 1. The smallest absolute Gasteiger partial charge is 0.0713 e. The van der Waals surface area contributed by atoms with E-state index in [1.165, 1.54) is 0 Å². The highest BCUT2D eigenvalue weighted by atomic mass is 16.5. The zero-order valence-corrected chi connectivity index (χ0v) is 8.13. The lowest BCUT2D eigenvalue weighted by atomic mass is 10.2. The fraction of sp³-hybridized carbons (Fsp3) is 0.400. The molecule has 0 saturated carbocycles. The van der Waals surface area contributed by atoms with Gasteiger partial charge in [0.2, 0.25) is 0 Å². The van der Waals surface area contributed by atoms with Crippen LogP contribution in [-0.4, -0.2) is 13.7 Å². The maximum Gasteiger partial charge on any atom is 0.0713 e. The third kappa shape index (κ3) is 2.63. The second kappa shape index (κ2) is 4.72. The van der Waals surface area contributed by atoms with Gasteiger partial charge in [-0.25, -0.2) is 0 Å². The van der Waals surface area contributed by atoms with Crippen molar-refractivity contribution in [2.45, 2.75) is 13.5 Å². The van der Waals surface area contributed by atoms with E-state index in [0.717, 1.165) is 23.5 Å². The first-order chi connectivity index (χ1) is 6.27. The highest BCUT2D eigenvalue weighted by Crippen LogP contribution is 2.19. The van der Waals surface area contributed by atoms with Crippen LogP contribution in [0.2, 0.25) is 0 Å². The fourth-order valence-corrected chi connectivity index (χ4v) is 1.22. The lowest BCUT2D eigenvalue weighted by molar-refractivity contribution is 0.185. The molecule has 0 fully saturated rings. The molecule has 1 rings (SSSR count). The Morgan fingerprint density at radius 2 is 2.23 bits per heavy atom. The van der Waals surface area contributed by atoms with Gasteiger partial charge in [0.25, 0.3) is 0 Å². The van der Waals surface area contributed by atoms with E-state index in [1.807, 2.05) is 25.1 Å². The van der Waals surface area contributed by atoms with Gasteiger partial charge in [0.1, 0.15) is 0 Å². The highest BCUT2D eigenvalue weighted by Gasteiger charge is 1.98. The van der Waals surface area contributed by atoms with Gasteiger partial charge < -0.3 is 15.8 Å². The number of nitrogens with one attached hydrogen (secondary N) is 1. The number of methoxy groups -OCH3 is 1. The maximum absolute atomic E-state index is 5.82. The molecule has 0 aliphatic rings. The molecule has 13 heavy (non-hydrogen) atoms. The van der Waals surface area contributed by atoms with Gasteiger partial charge in [-0.15, -0.1) is 0 Å². The molecule has 0 amide bonds. The number of hydrogen-bond acceptors (Lipinski definition) is 3. The minimum Gasteiger partial charge on any atom is -0.397 e. The number of hydrogen-bond donors (Lipinski definition) is 2. The van der Waals surface area contributed by atoms with Crippen LogP contribution in [0, 0.1) is 0 Å². The maximum atomic E-state index is 5.82. The predicted octanol–water partition coefficient (Wildman–Crippen LogP) is 1.85. The average Bonchev–Trinajstić information content (AvgIpc) is 2.10. The van der Waals surface area contributed by atoms with E-state index in [4.69, 9.17) is 10.5 Å². The molecule has 0 aliphatic heterocycles. The van der Waals surface area contributed by atoms with Gasteiger partial charge in [-0.2, -0.15) is 0 Å². The van der Waals surface area contributed by atoms with E-state index in [-0.39, 0.29) is 0 Å². The van der Waals surface area contributed by atoms with E-state index in [9.17, 15) is 0 Å². The molecule has 3 heteroatoms. The Kier molecular flexibility index (Phi) is 3.58. The number of anilines is 2. The molecule has 0 spiro atoms. The third-order valence-corrected chi connectivity index (χ3v) is 1.79. The Morgan fingerprint density at radius 1 is 1.46 bits per heavy atom. The van der Waals surface area contributed by atoms with Gasteiger partial charge in [0.15, 0.2) is 0 Å². The van der Waals surface area contributed by atoms with Gasteiger partial charge in [0.05, 0.1) is 18.0 Å². The molecule has 0 saturated heterocycles. The summed E-state index contributed by atoms with van der Waals surface area (Å²) in [6.45, 7) is 3.53. The minimum atomic E-state index is 0.608. The summed E-state index contributed by atoms with van der Waals surface area (Å²) in [6.07, 6.45) is 0. The molecule has 3 nitrogen and oxygen atoms in total. The van der Waals surface area contributed by atoms with Gasteiger partial charge in [-0.3, -0.25) is 0 Å². The monoisotopic (exact) mass is 180 g/mol. The molecule has 0 aromatic heterocycles. The van der Waals surface area contributed by atoms with E-state index in [2.05, 4.69) is 5.32 Å². The van der Waals surface area contributed by atoms with Gasteiger partial charge >= 0.3 is 0 Å². The van der Waals surface area contributed by atoms with Crippen LogP contribution >= 0.6 is 0 Å². The average molecular weight is 180 g/mol. The number of nitrogen functional groups attached to an aromatic ring is 1. The second-order valence-electron chi connectivity index (χ2n) is 2.88. The molecular formula is C10H16N2O. The van der Waals surface area contributed by atoms with Gasteiger partial charge in [0, 0.05) is 13.7 Å². The van der Waals surface area contributed by atoms with Crippen LogP contribution < -0.4 is 11.1 Å². The van der Waals surface area contributed by atoms with Crippen molar-refractivity contribution in [3.05, 3.63) is 23.8 Å². The van der Waals surface area contributed by atoms with Crippen molar-refractivity contribution < 1.29 is 4.74 Å². The molecular weight excluding hydrogens is 164 g/mol. The molecule has 0 radical (unpaired) electrons. The Bertz CT molecular complexity index is 274. The Balaban J connectivity index is 2.79. The zero-order chi connectivity index (χ0) is 9.68. The second-order valence-corrected chi connectivity index (χ2v) is 2.88. The SMILES string of the molecule is CCNc1ccc(COC)cc1N.